The first kappa shape index (κ1) is 17.5. The van der Waals surface area contributed by atoms with Crippen LogP contribution in [0.1, 0.15) is 27.9 Å². The van der Waals surface area contributed by atoms with Gasteiger partial charge in [0.2, 0.25) is 0 Å². The van der Waals surface area contributed by atoms with Crippen molar-refractivity contribution in [2.45, 2.75) is 13.0 Å². The maximum absolute atomic E-state index is 11.6. The van der Waals surface area contributed by atoms with E-state index in [4.69, 9.17) is 4.74 Å². The van der Waals surface area contributed by atoms with Crippen molar-refractivity contribution in [3.05, 3.63) is 71.6 Å². The maximum Gasteiger partial charge on any atom is 0.337 e. The lowest BCUT2D eigenvalue weighted by molar-refractivity contribution is 0.0600. The molecule has 138 valence electrons. The molecule has 4 rings (SSSR count). The first-order valence-corrected chi connectivity index (χ1v) is 9.15. The van der Waals surface area contributed by atoms with E-state index in [0.29, 0.717) is 12.1 Å². The summed E-state index contributed by atoms with van der Waals surface area (Å²) in [7, 11) is 3.54. The number of carbonyl (C=O) groups is 1. The van der Waals surface area contributed by atoms with Gasteiger partial charge in [-0.1, -0.05) is 18.2 Å². The topological polar surface area (TPSA) is 47.4 Å². The van der Waals surface area contributed by atoms with Gasteiger partial charge in [-0.25, -0.2) is 9.78 Å². The SMILES string of the molecule is COC(=O)c1ccc(Cn2ccc3c(C4=CCN(C)CC4)ccnc32)cc1. The Morgan fingerprint density at radius 3 is 2.70 bits per heavy atom. The highest BCUT2D eigenvalue weighted by Crippen LogP contribution is 2.29. The first-order chi connectivity index (χ1) is 13.2. The van der Waals surface area contributed by atoms with E-state index in [1.165, 1.54) is 23.6 Å². The number of benzene rings is 1. The van der Waals surface area contributed by atoms with Gasteiger partial charge in [-0.3, -0.25) is 0 Å². The van der Waals surface area contributed by atoms with E-state index in [-0.39, 0.29) is 5.97 Å². The normalized spacial score (nSPS) is 15.0. The van der Waals surface area contributed by atoms with Crippen molar-refractivity contribution in [2.24, 2.45) is 0 Å². The van der Waals surface area contributed by atoms with Crippen LogP contribution in [0.15, 0.2) is 54.9 Å². The Morgan fingerprint density at radius 2 is 2.00 bits per heavy atom. The number of pyridine rings is 1. The van der Waals surface area contributed by atoms with Crippen LogP contribution < -0.4 is 0 Å². The van der Waals surface area contributed by atoms with Crippen molar-refractivity contribution >= 4 is 22.6 Å². The molecular weight excluding hydrogens is 338 g/mol. The molecule has 0 saturated heterocycles. The standard InChI is InChI=1S/C22H23N3O2/c1-24-12-8-17(9-13-24)19-7-11-23-21-20(19)10-14-25(21)15-16-3-5-18(6-4-16)22(26)27-2/h3-8,10-11,14H,9,12-13,15H2,1-2H3. The molecule has 3 aromatic rings. The Hall–Kier alpha value is -2.92. The minimum Gasteiger partial charge on any atom is -0.465 e. The average Bonchev–Trinajstić information content (AvgIpc) is 3.11. The lowest BCUT2D eigenvalue weighted by atomic mass is 9.98. The van der Waals surface area contributed by atoms with Crippen molar-refractivity contribution in [2.75, 3.05) is 27.2 Å². The quantitative estimate of drug-likeness (QED) is 0.666. The maximum atomic E-state index is 11.6. The van der Waals surface area contributed by atoms with E-state index in [1.54, 1.807) is 12.1 Å². The summed E-state index contributed by atoms with van der Waals surface area (Å²) < 4.78 is 6.91. The molecule has 2 aromatic heterocycles. The summed E-state index contributed by atoms with van der Waals surface area (Å²) >= 11 is 0. The van der Waals surface area contributed by atoms with Crippen molar-refractivity contribution in [1.29, 1.82) is 0 Å². The second-order valence-electron chi connectivity index (χ2n) is 6.97. The minimum atomic E-state index is -0.314. The summed E-state index contributed by atoms with van der Waals surface area (Å²) in [6.07, 6.45) is 7.37. The van der Waals surface area contributed by atoms with E-state index in [2.05, 4.69) is 45.9 Å². The Labute approximate surface area is 158 Å². The molecule has 1 aromatic carbocycles. The summed E-state index contributed by atoms with van der Waals surface area (Å²) in [5, 5.41) is 1.19. The van der Waals surface area contributed by atoms with Gasteiger partial charge in [0.25, 0.3) is 0 Å². The molecule has 0 unspecified atom stereocenters. The van der Waals surface area contributed by atoms with Crippen molar-refractivity contribution in [3.8, 4) is 0 Å². The fraction of sp³-hybridized carbons (Fsp3) is 0.273. The van der Waals surface area contributed by atoms with Crippen LogP contribution >= 0.6 is 0 Å². The number of fused-ring (bicyclic) bond motifs is 1. The van der Waals surface area contributed by atoms with Crippen LogP contribution in [-0.2, 0) is 11.3 Å². The van der Waals surface area contributed by atoms with E-state index < -0.39 is 0 Å². The Bertz CT molecular complexity index is 1000. The number of carbonyl (C=O) groups excluding carboxylic acids is 1. The molecule has 3 heterocycles. The highest BCUT2D eigenvalue weighted by atomic mass is 16.5. The van der Waals surface area contributed by atoms with Crippen LogP contribution in [0.4, 0.5) is 0 Å². The summed E-state index contributed by atoms with van der Waals surface area (Å²) in [6, 6.07) is 11.8. The van der Waals surface area contributed by atoms with E-state index in [9.17, 15) is 4.79 Å². The van der Waals surface area contributed by atoms with Gasteiger partial charge in [-0.2, -0.15) is 0 Å². The van der Waals surface area contributed by atoms with Crippen molar-refractivity contribution in [1.82, 2.24) is 14.5 Å². The molecular formula is C22H23N3O2. The van der Waals surface area contributed by atoms with E-state index in [0.717, 1.165) is 30.7 Å². The molecule has 0 N–H and O–H groups in total. The summed E-state index contributed by atoms with van der Waals surface area (Å²) in [5.41, 5.74) is 5.36. The molecule has 27 heavy (non-hydrogen) atoms. The second kappa shape index (κ2) is 7.37. The van der Waals surface area contributed by atoms with Crippen LogP contribution in [-0.4, -0.2) is 47.7 Å². The molecule has 1 aliphatic heterocycles. The van der Waals surface area contributed by atoms with Crippen molar-refractivity contribution in [3.63, 3.8) is 0 Å². The molecule has 1 aliphatic rings. The summed E-state index contributed by atoms with van der Waals surface area (Å²) in [6.45, 7) is 2.79. The third-order valence-electron chi connectivity index (χ3n) is 5.15. The van der Waals surface area contributed by atoms with E-state index >= 15 is 0 Å². The zero-order valence-corrected chi connectivity index (χ0v) is 15.7. The van der Waals surface area contributed by atoms with Crippen LogP contribution in [0.3, 0.4) is 0 Å². The number of nitrogens with zero attached hydrogens (tertiary/aromatic N) is 3. The van der Waals surface area contributed by atoms with Gasteiger partial charge in [0.1, 0.15) is 5.65 Å². The number of hydrogen-bond acceptors (Lipinski definition) is 4. The first-order valence-electron chi connectivity index (χ1n) is 9.15. The molecule has 0 spiro atoms. The number of methoxy groups -OCH3 is 1. The Morgan fingerprint density at radius 1 is 1.19 bits per heavy atom. The number of ether oxygens (including phenoxy) is 1. The lowest BCUT2D eigenvalue weighted by Crippen LogP contribution is -2.23. The molecule has 5 heteroatoms. The van der Waals surface area contributed by atoms with Crippen LogP contribution in [0, 0.1) is 0 Å². The predicted octanol–water partition coefficient (Wildman–Crippen LogP) is 3.59. The molecule has 0 aliphatic carbocycles. The third kappa shape index (κ3) is 3.51. The fourth-order valence-electron chi connectivity index (χ4n) is 3.57. The molecule has 5 nitrogen and oxygen atoms in total. The molecule has 0 fully saturated rings. The molecule has 0 radical (unpaired) electrons. The highest BCUT2D eigenvalue weighted by molar-refractivity contribution is 5.91. The number of esters is 1. The van der Waals surface area contributed by atoms with Gasteiger partial charge >= 0.3 is 5.97 Å². The average molecular weight is 361 g/mol. The number of likely N-dealkylation sites (N-methyl/N-ethyl adjacent to an activating group) is 1. The van der Waals surface area contributed by atoms with Gasteiger partial charge in [0, 0.05) is 37.4 Å². The Kier molecular flexibility index (Phi) is 4.77. The minimum absolute atomic E-state index is 0.314. The lowest BCUT2D eigenvalue weighted by Gasteiger charge is -2.22. The number of aromatic nitrogens is 2. The monoisotopic (exact) mass is 361 g/mol. The van der Waals surface area contributed by atoms with Crippen LogP contribution in [0.2, 0.25) is 0 Å². The third-order valence-corrected chi connectivity index (χ3v) is 5.15. The zero-order valence-electron chi connectivity index (χ0n) is 15.7. The fourth-order valence-corrected chi connectivity index (χ4v) is 3.57. The van der Waals surface area contributed by atoms with Gasteiger partial charge < -0.3 is 14.2 Å². The molecule has 0 atom stereocenters. The van der Waals surface area contributed by atoms with Gasteiger partial charge in [0.05, 0.1) is 12.7 Å². The van der Waals surface area contributed by atoms with Gasteiger partial charge in [-0.15, -0.1) is 0 Å². The zero-order chi connectivity index (χ0) is 18.8. The highest BCUT2D eigenvalue weighted by Gasteiger charge is 2.14. The molecule has 0 amide bonds. The summed E-state index contributed by atoms with van der Waals surface area (Å²) in [5.74, 6) is -0.314. The second-order valence-corrected chi connectivity index (χ2v) is 6.97. The van der Waals surface area contributed by atoms with Gasteiger partial charge in [-0.05, 0) is 54.4 Å². The van der Waals surface area contributed by atoms with Crippen molar-refractivity contribution < 1.29 is 9.53 Å². The summed E-state index contributed by atoms with van der Waals surface area (Å²) in [4.78, 5) is 18.5. The number of hydrogen-bond donors (Lipinski definition) is 0. The van der Waals surface area contributed by atoms with E-state index in [1.807, 2.05) is 18.3 Å². The molecule has 0 saturated carbocycles. The van der Waals surface area contributed by atoms with Crippen LogP contribution in [0.25, 0.3) is 16.6 Å². The number of rotatable bonds is 4. The molecule has 0 bridgehead atoms. The van der Waals surface area contributed by atoms with Gasteiger partial charge in [0.15, 0.2) is 0 Å². The Balaban J connectivity index is 1.62. The largest absolute Gasteiger partial charge is 0.465 e. The predicted molar refractivity (Wildman–Crippen MR) is 107 cm³/mol. The smallest absolute Gasteiger partial charge is 0.337 e. The van der Waals surface area contributed by atoms with Crippen LogP contribution in [0.5, 0.6) is 0 Å².